The van der Waals surface area contributed by atoms with Crippen LogP contribution in [0, 0.1) is 0 Å². The predicted octanol–water partition coefficient (Wildman–Crippen LogP) is 3.44. The highest BCUT2D eigenvalue weighted by atomic mass is 35.5. The van der Waals surface area contributed by atoms with E-state index in [1.165, 1.54) is 0 Å². The molecule has 3 nitrogen and oxygen atoms in total. The molecule has 0 saturated carbocycles. The number of benzene rings is 1. The first-order chi connectivity index (χ1) is 8.65. The molecule has 0 radical (unpaired) electrons. The summed E-state index contributed by atoms with van der Waals surface area (Å²) in [5, 5.41) is 0.577. The number of halogens is 2. The van der Waals surface area contributed by atoms with E-state index in [2.05, 4.69) is 4.98 Å². The molecule has 0 amide bonds. The normalized spacial score (nSPS) is 10.4. The zero-order valence-electron chi connectivity index (χ0n) is 9.67. The predicted molar refractivity (Wildman–Crippen MR) is 73.6 cm³/mol. The number of hydrogen-bond acceptors (Lipinski definition) is 2. The maximum atomic E-state index is 11.7. The molecule has 5 heteroatoms. The van der Waals surface area contributed by atoms with Gasteiger partial charge < -0.3 is 9.72 Å². The van der Waals surface area contributed by atoms with E-state index in [1.54, 1.807) is 37.4 Å². The van der Waals surface area contributed by atoms with Crippen molar-refractivity contribution in [1.29, 1.82) is 0 Å². The van der Waals surface area contributed by atoms with Crippen molar-refractivity contribution in [2.24, 2.45) is 0 Å². The molecular formula is C13H11Cl2NO2. The van der Waals surface area contributed by atoms with Crippen molar-refractivity contribution in [1.82, 2.24) is 4.98 Å². The lowest BCUT2D eigenvalue weighted by Gasteiger charge is -2.09. The lowest BCUT2D eigenvalue weighted by molar-refractivity contribution is 0.416. The second-order valence-electron chi connectivity index (χ2n) is 3.70. The van der Waals surface area contributed by atoms with Gasteiger partial charge in [0.05, 0.1) is 18.7 Å². The van der Waals surface area contributed by atoms with Gasteiger partial charge in [-0.15, -0.1) is 11.6 Å². The van der Waals surface area contributed by atoms with Gasteiger partial charge in [-0.2, -0.15) is 0 Å². The zero-order chi connectivity index (χ0) is 13.1. The molecule has 1 aromatic carbocycles. The first kappa shape index (κ1) is 13.0. The number of aromatic nitrogens is 1. The number of hydrogen-bond donors (Lipinski definition) is 1. The highest BCUT2D eigenvalue weighted by Crippen LogP contribution is 2.30. The molecule has 1 aromatic heterocycles. The van der Waals surface area contributed by atoms with Crippen LogP contribution in [0.1, 0.15) is 5.56 Å². The van der Waals surface area contributed by atoms with Gasteiger partial charge in [-0.05, 0) is 24.3 Å². The number of pyridine rings is 1. The highest BCUT2D eigenvalue weighted by Gasteiger charge is 2.08. The molecule has 0 aliphatic rings. The minimum absolute atomic E-state index is 0.183. The first-order valence-electron chi connectivity index (χ1n) is 5.28. The molecule has 0 atom stereocenters. The van der Waals surface area contributed by atoms with Gasteiger partial charge >= 0.3 is 0 Å². The van der Waals surface area contributed by atoms with Crippen molar-refractivity contribution in [2.75, 3.05) is 7.11 Å². The summed E-state index contributed by atoms with van der Waals surface area (Å²) in [6.07, 6.45) is 0. The van der Waals surface area contributed by atoms with Crippen LogP contribution in [0.4, 0.5) is 0 Å². The molecule has 1 heterocycles. The topological polar surface area (TPSA) is 42.1 Å². The van der Waals surface area contributed by atoms with Gasteiger partial charge in [0.2, 0.25) is 0 Å². The van der Waals surface area contributed by atoms with Gasteiger partial charge in [-0.3, -0.25) is 4.79 Å². The van der Waals surface area contributed by atoms with E-state index in [-0.39, 0.29) is 11.4 Å². The Bertz CT molecular complexity index is 623. The third-order valence-electron chi connectivity index (χ3n) is 2.59. The molecule has 1 N–H and O–H groups in total. The van der Waals surface area contributed by atoms with Gasteiger partial charge in [-0.1, -0.05) is 17.7 Å². The van der Waals surface area contributed by atoms with Gasteiger partial charge in [-0.25, -0.2) is 0 Å². The monoisotopic (exact) mass is 283 g/mol. The summed E-state index contributed by atoms with van der Waals surface area (Å²) in [4.78, 5) is 14.5. The van der Waals surface area contributed by atoms with Crippen molar-refractivity contribution in [2.45, 2.75) is 5.88 Å². The van der Waals surface area contributed by atoms with E-state index < -0.39 is 0 Å². The largest absolute Gasteiger partial charge is 0.496 e. The number of H-pyrrole nitrogens is 1. The number of methoxy groups -OCH3 is 1. The number of alkyl halides is 1. The molecule has 0 fully saturated rings. The van der Waals surface area contributed by atoms with Crippen molar-refractivity contribution in [3.05, 3.63) is 51.3 Å². The zero-order valence-corrected chi connectivity index (χ0v) is 11.2. The van der Waals surface area contributed by atoms with Crippen LogP contribution in [0.15, 0.2) is 35.1 Å². The maximum Gasteiger partial charge on any atom is 0.252 e. The Balaban J connectivity index is 2.58. The van der Waals surface area contributed by atoms with E-state index in [0.717, 1.165) is 5.56 Å². The molecule has 0 saturated heterocycles. The fourth-order valence-electron chi connectivity index (χ4n) is 1.66. The molecule has 0 aliphatic carbocycles. The van der Waals surface area contributed by atoms with E-state index in [0.29, 0.717) is 22.0 Å². The Labute approximate surface area is 114 Å². The summed E-state index contributed by atoms with van der Waals surface area (Å²) in [6.45, 7) is 0. The Kier molecular flexibility index (Phi) is 3.94. The van der Waals surface area contributed by atoms with Crippen LogP contribution in [0.3, 0.4) is 0 Å². The lowest BCUT2D eigenvalue weighted by atomic mass is 10.1. The summed E-state index contributed by atoms with van der Waals surface area (Å²) in [7, 11) is 1.57. The Morgan fingerprint density at radius 2 is 2.06 bits per heavy atom. The summed E-state index contributed by atoms with van der Waals surface area (Å²) in [6, 6.07) is 8.71. The summed E-state index contributed by atoms with van der Waals surface area (Å²) < 4.78 is 5.24. The number of nitrogens with one attached hydrogen (secondary N) is 1. The average Bonchev–Trinajstić information content (AvgIpc) is 2.38. The number of ether oxygens (including phenoxy) is 1. The number of aromatic amines is 1. The second-order valence-corrected chi connectivity index (χ2v) is 4.41. The van der Waals surface area contributed by atoms with Crippen LogP contribution >= 0.6 is 23.2 Å². The SMILES string of the molecule is COc1ccc(Cl)cc1-c1ccc(CCl)c(=O)[nH]1. The Hall–Kier alpha value is -1.45. The van der Waals surface area contributed by atoms with Crippen molar-refractivity contribution < 1.29 is 4.74 Å². The minimum atomic E-state index is -0.204. The minimum Gasteiger partial charge on any atom is -0.496 e. The van der Waals surface area contributed by atoms with Crippen LogP contribution in [0.2, 0.25) is 5.02 Å². The van der Waals surface area contributed by atoms with Crippen LogP contribution < -0.4 is 10.3 Å². The van der Waals surface area contributed by atoms with Crippen molar-refractivity contribution in [3.8, 4) is 17.0 Å². The molecule has 0 unspecified atom stereocenters. The summed E-state index contributed by atoms with van der Waals surface area (Å²) >= 11 is 11.6. The third kappa shape index (κ3) is 2.52. The van der Waals surface area contributed by atoms with Crippen LogP contribution in [-0.4, -0.2) is 12.1 Å². The second kappa shape index (κ2) is 5.46. The molecule has 94 valence electrons. The molecule has 18 heavy (non-hydrogen) atoms. The quantitative estimate of drug-likeness (QED) is 0.877. The standard InChI is InChI=1S/C13H11Cl2NO2/c1-18-12-5-3-9(15)6-10(12)11-4-2-8(7-14)13(17)16-11/h2-6H,7H2,1H3,(H,16,17). The molecule has 0 spiro atoms. The van der Waals surface area contributed by atoms with E-state index >= 15 is 0 Å². The van der Waals surface area contributed by atoms with Crippen LogP contribution in [0.5, 0.6) is 5.75 Å². The average molecular weight is 284 g/mol. The van der Waals surface area contributed by atoms with Crippen molar-refractivity contribution >= 4 is 23.2 Å². The van der Waals surface area contributed by atoms with Crippen molar-refractivity contribution in [3.63, 3.8) is 0 Å². The Morgan fingerprint density at radius 3 is 2.67 bits per heavy atom. The molecule has 0 bridgehead atoms. The van der Waals surface area contributed by atoms with Crippen LogP contribution in [0.25, 0.3) is 11.3 Å². The smallest absolute Gasteiger partial charge is 0.252 e. The van der Waals surface area contributed by atoms with E-state index in [4.69, 9.17) is 27.9 Å². The lowest BCUT2D eigenvalue weighted by Crippen LogP contribution is -2.11. The highest BCUT2D eigenvalue weighted by molar-refractivity contribution is 6.30. The van der Waals surface area contributed by atoms with Gasteiger partial charge in [0, 0.05) is 16.1 Å². The molecule has 2 rings (SSSR count). The summed E-state index contributed by atoms with van der Waals surface area (Å²) in [5.41, 5.74) is 1.71. The fraction of sp³-hybridized carbons (Fsp3) is 0.154. The van der Waals surface area contributed by atoms with Gasteiger partial charge in [0.25, 0.3) is 5.56 Å². The van der Waals surface area contributed by atoms with Gasteiger partial charge in [0.15, 0.2) is 0 Å². The van der Waals surface area contributed by atoms with E-state index in [9.17, 15) is 4.79 Å². The van der Waals surface area contributed by atoms with E-state index in [1.807, 2.05) is 0 Å². The number of rotatable bonds is 3. The summed E-state index contributed by atoms with van der Waals surface area (Å²) in [5.74, 6) is 0.830. The molecular weight excluding hydrogens is 273 g/mol. The maximum absolute atomic E-state index is 11.7. The van der Waals surface area contributed by atoms with Crippen LogP contribution in [-0.2, 0) is 5.88 Å². The Morgan fingerprint density at radius 1 is 1.28 bits per heavy atom. The molecule has 0 aliphatic heterocycles. The van der Waals surface area contributed by atoms with Gasteiger partial charge in [0.1, 0.15) is 5.75 Å². The fourth-order valence-corrected chi connectivity index (χ4v) is 2.04. The first-order valence-corrected chi connectivity index (χ1v) is 6.19. The molecule has 2 aromatic rings. The third-order valence-corrected chi connectivity index (χ3v) is 3.11.